The van der Waals surface area contributed by atoms with Crippen molar-refractivity contribution >= 4 is 15.9 Å². The number of carbonyl (C=O) groups is 1. The summed E-state index contributed by atoms with van der Waals surface area (Å²) >= 11 is 0. The van der Waals surface area contributed by atoms with E-state index in [1.54, 1.807) is 0 Å². The van der Waals surface area contributed by atoms with Gasteiger partial charge in [0, 0.05) is 0 Å². The monoisotopic (exact) mass is 201 g/mol. The molecule has 0 radical (unpaired) electrons. The van der Waals surface area contributed by atoms with Crippen LogP contribution < -0.4 is 0 Å². The Morgan fingerprint density at radius 2 is 2.15 bits per heavy atom. The molecule has 0 saturated carbocycles. The molecule has 0 aromatic rings. The average molecular weight is 201 g/mol. The molecule has 1 atom stereocenters. The van der Waals surface area contributed by atoms with Crippen molar-refractivity contribution in [1.82, 2.24) is 4.31 Å². The van der Waals surface area contributed by atoms with Gasteiger partial charge in [-0.3, -0.25) is 4.79 Å². The fraction of sp³-hybridized carbons (Fsp3) is 0.375. The van der Waals surface area contributed by atoms with Gasteiger partial charge in [-0.15, -0.1) is 13.2 Å². The third-order valence-corrected chi connectivity index (χ3v) is 3.56. The maximum absolute atomic E-state index is 11.4. The van der Waals surface area contributed by atoms with Gasteiger partial charge in [0.25, 0.3) is 0 Å². The van der Waals surface area contributed by atoms with E-state index in [0.29, 0.717) is 0 Å². The molecule has 1 aliphatic heterocycles. The van der Waals surface area contributed by atoms with Crippen molar-refractivity contribution in [3.8, 4) is 0 Å². The second-order valence-corrected chi connectivity index (χ2v) is 4.65. The lowest BCUT2D eigenvalue weighted by atomic mass is 10.1. The Hall–Kier alpha value is -1.10. The van der Waals surface area contributed by atoms with E-state index < -0.39 is 10.0 Å². The molecule has 72 valence electrons. The Morgan fingerprint density at radius 3 is 2.54 bits per heavy atom. The van der Waals surface area contributed by atoms with Gasteiger partial charge in [-0.1, -0.05) is 12.2 Å². The van der Waals surface area contributed by atoms with E-state index in [-0.39, 0.29) is 24.1 Å². The minimum absolute atomic E-state index is 0.205. The molecule has 1 saturated heterocycles. The SMILES string of the molecule is C=CCS(=O)(=O)N1C(=O)CC1C=C. The van der Waals surface area contributed by atoms with Crippen LogP contribution in [0.2, 0.25) is 0 Å². The van der Waals surface area contributed by atoms with Crippen LogP contribution in [0.15, 0.2) is 25.3 Å². The Bertz CT molecular complexity index is 344. The van der Waals surface area contributed by atoms with Gasteiger partial charge in [0.15, 0.2) is 0 Å². The molecule has 13 heavy (non-hydrogen) atoms. The highest BCUT2D eigenvalue weighted by Crippen LogP contribution is 2.24. The molecule has 1 aliphatic rings. The normalized spacial score (nSPS) is 22.3. The van der Waals surface area contributed by atoms with Gasteiger partial charge in [-0.2, -0.15) is 0 Å². The van der Waals surface area contributed by atoms with Crippen molar-refractivity contribution in [1.29, 1.82) is 0 Å². The average Bonchev–Trinajstić information content (AvgIpc) is 1.98. The minimum Gasteiger partial charge on any atom is -0.274 e. The number of sulfonamides is 1. The third-order valence-electron chi connectivity index (χ3n) is 1.83. The number of nitrogens with zero attached hydrogens (tertiary/aromatic N) is 1. The molecule has 5 heteroatoms. The van der Waals surface area contributed by atoms with Crippen LogP contribution >= 0.6 is 0 Å². The van der Waals surface area contributed by atoms with Crippen LogP contribution in [0.5, 0.6) is 0 Å². The summed E-state index contributed by atoms with van der Waals surface area (Å²) in [5, 5.41) is 0. The maximum Gasteiger partial charge on any atom is 0.241 e. The van der Waals surface area contributed by atoms with Crippen LogP contribution in [0.1, 0.15) is 6.42 Å². The Balaban J connectivity index is 2.87. The first-order chi connectivity index (χ1) is 6.03. The zero-order valence-corrected chi connectivity index (χ0v) is 7.96. The summed E-state index contributed by atoms with van der Waals surface area (Å²) < 4.78 is 23.6. The molecule has 0 N–H and O–H groups in total. The summed E-state index contributed by atoms with van der Waals surface area (Å²) in [5.74, 6) is -0.574. The maximum atomic E-state index is 11.4. The second kappa shape index (κ2) is 3.33. The second-order valence-electron chi connectivity index (χ2n) is 2.76. The van der Waals surface area contributed by atoms with Crippen molar-refractivity contribution in [2.24, 2.45) is 0 Å². The first-order valence-corrected chi connectivity index (χ1v) is 5.42. The fourth-order valence-corrected chi connectivity index (χ4v) is 2.61. The lowest BCUT2D eigenvalue weighted by Gasteiger charge is -2.36. The molecule has 0 aromatic carbocycles. The van der Waals surface area contributed by atoms with Crippen molar-refractivity contribution in [2.75, 3.05) is 5.75 Å². The van der Waals surface area contributed by atoms with Crippen LogP contribution in [0.3, 0.4) is 0 Å². The lowest BCUT2D eigenvalue weighted by molar-refractivity contribution is -0.135. The first kappa shape index (κ1) is 9.98. The molecule has 0 aliphatic carbocycles. The van der Waals surface area contributed by atoms with Crippen LogP contribution in [0, 0.1) is 0 Å². The first-order valence-electron chi connectivity index (χ1n) is 3.81. The zero-order chi connectivity index (χ0) is 10.1. The van der Waals surface area contributed by atoms with E-state index in [1.807, 2.05) is 0 Å². The molecule has 1 unspecified atom stereocenters. The summed E-state index contributed by atoms with van der Waals surface area (Å²) in [4.78, 5) is 11.0. The van der Waals surface area contributed by atoms with Crippen LogP contribution in [-0.4, -0.2) is 30.4 Å². The van der Waals surface area contributed by atoms with Crippen molar-refractivity contribution in [2.45, 2.75) is 12.5 Å². The Kier molecular flexibility index (Phi) is 2.56. The van der Waals surface area contributed by atoms with Crippen LogP contribution in [0.25, 0.3) is 0 Å². The van der Waals surface area contributed by atoms with E-state index in [2.05, 4.69) is 13.2 Å². The molecule has 0 bridgehead atoms. The highest BCUT2D eigenvalue weighted by Gasteiger charge is 2.41. The number of rotatable bonds is 4. The zero-order valence-electron chi connectivity index (χ0n) is 7.14. The van der Waals surface area contributed by atoms with E-state index in [4.69, 9.17) is 0 Å². The van der Waals surface area contributed by atoms with Gasteiger partial charge in [-0.05, 0) is 0 Å². The number of amides is 1. The van der Waals surface area contributed by atoms with Gasteiger partial charge < -0.3 is 0 Å². The smallest absolute Gasteiger partial charge is 0.241 e. The molecule has 1 fully saturated rings. The van der Waals surface area contributed by atoms with Gasteiger partial charge >= 0.3 is 0 Å². The number of hydrogen-bond acceptors (Lipinski definition) is 3. The Morgan fingerprint density at radius 1 is 1.54 bits per heavy atom. The fourth-order valence-electron chi connectivity index (χ4n) is 1.19. The summed E-state index contributed by atoms with van der Waals surface area (Å²) in [6.45, 7) is 6.78. The van der Waals surface area contributed by atoms with Crippen LogP contribution in [0.4, 0.5) is 0 Å². The molecule has 1 amide bonds. The van der Waals surface area contributed by atoms with Gasteiger partial charge in [0.1, 0.15) is 0 Å². The van der Waals surface area contributed by atoms with Crippen molar-refractivity contribution in [3.05, 3.63) is 25.3 Å². The number of carbonyl (C=O) groups excluding carboxylic acids is 1. The molecular weight excluding hydrogens is 190 g/mol. The van der Waals surface area contributed by atoms with Gasteiger partial charge in [0.05, 0.1) is 18.2 Å². The lowest BCUT2D eigenvalue weighted by Crippen LogP contribution is -2.54. The minimum atomic E-state index is -3.49. The molecule has 0 spiro atoms. The van der Waals surface area contributed by atoms with E-state index >= 15 is 0 Å². The highest BCUT2D eigenvalue weighted by atomic mass is 32.2. The third kappa shape index (κ3) is 1.65. The number of hydrogen-bond donors (Lipinski definition) is 0. The standard InChI is InChI=1S/C8H11NO3S/c1-3-5-13(11,12)9-7(4-2)6-8(9)10/h3-4,7H,1-2,5-6H2. The quantitative estimate of drug-likeness (QED) is 0.485. The van der Waals surface area contributed by atoms with E-state index in [0.717, 1.165) is 4.31 Å². The van der Waals surface area contributed by atoms with Crippen molar-refractivity contribution < 1.29 is 13.2 Å². The predicted octanol–water partition coefficient (Wildman–Crippen LogP) is 0.289. The summed E-state index contributed by atoms with van der Waals surface area (Å²) in [6, 6.07) is -0.363. The highest BCUT2D eigenvalue weighted by molar-refractivity contribution is 7.89. The van der Waals surface area contributed by atoms with Gasteiger partial charge in [0.2, 0.25) is 15.9 Å². The topological polar surface area (TPSA) is 54.5 Å². The van der Waals surface area contributed by atoms with Crippen LogP contribution in [-0.2, 0) is 14.8 Å². The van der Waals surface area contributed by atoms with E-state index in [1.165, 1.54) is 12.2 Å². The molecule has 0 aromatic heterocycles. The molecule has 1 heterocycles. The van der Waals surface area contributed by atoms with Gasteiger partial charge in [-0.25, -0.2) is 12.7 Å². The predicted molar refractivity (Wildman–Crippen MR) is 49.4 cm³/mol. The largest absolute Gasteiger partial charge is 0.274 e. The van der Waals surface area contributed by atoms with Crippen molar-refractivity contribution in [3.63, 3.8) is 0 Å². The molecular formula is C8H11NO3S. The summed E-state index contributed by atoms with van der Waals surface area (Å²) in [6.07, 6.45) is 2.96. The number of β-lactam (4-membered cyclic amide) rings is 1. The summed E-state index contributed by atoms with van der Waals surface area (Å²) in [7, 11) is -3.49. The molecule has 1 rings (SSSR count). The van der Waals surface area contributed by atoms with E-state index in [9.17, 15) is 13.2 Å². The molecule has 4 nitrogen and oxygen atoms in total. The summed E-state index contributed by atoms with van der Waals surface area (Å²) in [5.41, 5.74) is 0. The Labute approximate surface area is 77.6 Å².